The van der Waals surface area contributed by atoms with Gasteiger partial charge in [-0.05, 0) is 44.9 Å². The second kappa shape index (κ2) is 7.56. The number of carbonyl (C=O) groups excluding carboxylic acids is 1. The van der Waals surface area contributed by atoms with E-state index in [9.17, 15) is 4.79 Å². The number of carbonyl (C=O) groups is 1. The fourth-order valence-electron chi connectivity index (χ4n) is 2.31. The maximum absolute atomic E-state index is 12.4. The predicted octanol–water partition coefficient (Wildman–Crippen LogP) is 5.43. The molecule has 0 aliphatic carbocycles. The second-order valence-electron chi connectivity index (χ2n) is 5.46. The van der Waals surface area contributed by atoms with E-state index in [0.717, 1.165) is 4.90 Å². The lowest BCUT2D eigenvalue weighted by Gasteiger charge is -2.16. The molecular formula is C17H18Cl2N2OS. The lowest BCUT2D eigenvalue weighted by molar-refractivity contribution is -0.115. The molecule has 2 rings (SSSR count). The largest absolute Gasteiger partial charge is 0.308 e. The molecule has 0 saturated carbocycles. The van der Waals surface area contributed by atoms with Crippen LogP contribution < -0.4 is 5.32 Å². The summed E-state index contributed by atoms with van der Waals surface area (Å²) in [6.45, 7) is 8.05. The SMILES string of the molecule is Cc1cc(C)c(SC(C)C(=O)Nc2ncc(Cl)cc2Cl)c(C)c1. The van der Waals surface area contributed by atoms with Gasteiger partial charge in [0.05, 0.1) is 15.3 Å². The van der Waals surface area contributed by atoms with Crippen LogP contribution in [0.3, 0.4) is 0 Å². The summed E-state index contributed by atoms with van der Waals surface area (Å²) in [5.41, 5.74) is 3.57. The van der Waals surface area contributed by atoms with Crippen molar-refractivity contribution in [1.29, 1.82) is 0 Å². The minimum atomic E-state index is -0.274. The summed E-state index contributed by atoms with van der Waals surface area (Å²) >= 11 is 13.4. The molecule has 1 aromatic heterocycles. The number of aryl methyl sites for hydroxylation is 3. The van der Waals surface area contributed by atoms with Gasteiger partial charge in [-0.15, -0.1) is 11.8 Å². The first-order valence-electron chi connectivity index (χ1n) is 7.14. The normalized spacial score (nSPS) is 12.1. The van der Waals surface area contributed by atoms with Crippen LogP contribution in [0.1, 0.15) is 23.6 Å². The van der Waals surface area contributed by atoms with Crippen molar-refractivity contribution in [3.05, 3.63) is 51.1 Å². The fourth-order valence-corrected chi connectivity index (χ4v) is 3.74. The molecule has 1 unspecified atom stereocenters. The Bertz CT molecular complexity index is 726. The zero-order chi connectivity index (χ0) is 17.1. The van der Waals surface area contributed by atoms with Gasteiger partial charge < -0.3 is 5.32 Å². The molecule has 0 aliphatic rings. The van der Waals surface area contributed by atoms with E-state index in [-0.39, 0.29) is 11.2 Å². The van der Waals surface area contributed by atoms with Crippen molar-refractivity contribution in [2.24, 2.45) is 0 Å². The maximum atomic E-state index is 12.4. The molecule has 23 heavy (non-hydrogen) atoms. The van der Waals surface area contributed by atoms with Gasteiger partial charge in [-0.2, -0.15) is 0 Å². The Morgan fingerprint density at radius 1 is 1.17 bits per heavy atom. The Labute approximate surface area is 150 Å². The first-order valence-corrected chi connectivity index (χ1v) is 8.78. The Kier molecular flexibility index (Phi) is 5.95. The third kappa shape index (κ3) is 4.63. The number of aromatic nitrogens is 1. The van der Waals surface area contributed by atoms with Crippen LogP contribution in [0.5, 0.6) is 0 Å². The van der Waals surface area contributed by atoms with Crippen LogP contribution in [-0.4, -0.2) is 16.1 Å². The minimum Gasteiger partial charge on any atom is -0.308 e. The van der Waals surface area contributed by atoms with Gasteiger partial charge in [0.1, 0.15) is 0 Å². The van der Waals surface area contributed by atoms with Gasteiger partial charge in [0.2, 0.25) is 5.91 Å². The summed E-state index contributed by atoms with van der Waals surface area (Å²) in [5, 5.41) is 3.23. The van der Waals surface area contributed by atoms with E-state index < -0.39 is 0 Å². The Morgan fingerprint density at radius 3 is 2.35 bits per heavy atom. The fraction of sp³-hybridized carbons (Fsp3) is 0.294. The summed E-state index contributed by atoms with van der Waals surface area (Å²) in [4.78, 5) is 17.6. The molecule has 0 bridgehead atoms. The standard InChI is InChI=1S/C17H18Cl2N2OS/c1-9-5-10(2)15(11(3)6-9)23-12(4)17(22)21-16-14(19)7-13(18)8-20-16/h5-8,12H,1-4H3,(H,20,21,22). The maximum Gasteiger partial charge on any atom is 0.238 e. The van der Waals surface area contributed by atoms with Gasteiger partial charge in [0.25, 0.3) is 0 Å². The summed E-state index contributed by atoms with van der Waals surface area (Å²) in [6.07, 6.45) is 1.45. The van der Waals surface area contributed by atoms with Gasteiger partial charge in [-0.25, -0.2) is 4.98 Å². The van der Waals surface area contributed by atoms with Crippen molar-refractivity contribution >= 4 is 46.7 Å². The molecule has 1 atom stereocenters. The lowest BCUT2D eigenvalue weighted by Crippen LogP contribution is -2.23. The van der Waals surface area contributed by atoms with Crippen molar-refractivity contribution in [2.75, 3.05) is 5.32 Å². The number of thioether (sulfide) groups is 1. The van der Waals surface area contributed by atoms with Crippen LogP contribution in [-0.2, 0) is 4.79 Å². The van der Waals surface area contributed by atoms with E-state index >= 15 is 0 Å². The van der Waals surface area contributed by atoms with E-state index in [2.05, 4.69) is 43.2 Å². The van der Waals surface area contributed by atoms with E-state index in [0.29, 0.717) is 15.9 Å². The lowest BCUT2D eigenvalue weighted by atomic mass is 10.1. The molecule has 2 aromatic rings. The first kappa shape index (κ1) is 18.1. The van der Waals surface area contributed by atoms with Crippen molar-refractivity contribution < 1.29 is 4.79 Å². The Balaban J connectivity index is 2.11. The number of nitrogens with zero attached hydrogens (tertiary/aromatic N) is 1. The highest BCUT2D eigenvalue weighted by Crippen LogP contribution is 2.32. The minimum absolute atomic E-state index is 0.147. The van der Waals surface area contributed by atoms with Crippen LogP contribution in [0.25, 0.3) is 0 Å². The number of hydrogen-bond acceptors (Lipinski definition) is 3. The highest BCUT2D eigenvalue weighted by molar-refractivity contribution is 8.00. The highest BCUT2D eigenvalue weighted by Gasteiger charge is 2.18. The number of hydrogen-bond donors (Lipinski definition) is 1. The molecule has 1 N–H and O–H groups in total. The van der Waals surface area contributed by atoms with Crippen molar-refractivity contribution in [3.63, 3.8) is 0 Å². The van der Waals surface area contributed by atoms with E-state index in [1.165, 1.54) is 34.6 Å². The predicted molar refractivity (Wildman–Crippen MR) is 98.9 cm³/mol. The second-order valence-corrected chi connectivity index (χ2v) is 7.66. The van der Waals surface area contributed by atoms with Gasteiger partial charge >= 0.3 is 0 Å². The van der Waals surface area contributed by atoms with Crippen molar-refractivity contribution in [2.45, 2.75) is 37.8 Å². The first-order chi connectivity index (χ1) is 10.8. The molecule has 0 aliphatic heterocycles. The van der Waals surface area contributed by atoms with Crippen LogP contribution in [0, 0.1) is 20.8 Å². The molecule has 0 radical (unpaired) electrons. The molecule has 122 valence electrons. The monoisotopic (exact) mass is 368 g/mol. The molecule has 1 aromatic carbocycles. The molecule has 0 saturated heterocycles. The number of anilines is 1. The van der Waals surface area contributed by atoms with Gasteiger partial charge in [-0.3, -0.25) is 4.79 Å². The molecule has 0 spiro atoms. The van der Waals surface area contributed by atoms with Crippen molar-refractivity contribution in [1.82, 2.24) is 4.98 Å². The summed E-state index contributed by atoms with van der Waals surface area (Å²) in [5.74, 6) is 0.178. The third-order valence-electron chi connectivity index (χ3n) is 3.32. The number of amides is 1. The van der Waals surface area contributed by atoms with Crippen LogP contribution >= 0.6 is 35.0 Å². The molecule has 6 heteroatoms. The van der Waals surface area contributed by atoms with Crippen LogP contribution in [0.4, 0.5) is 5.82 Å². The number of benzene rings is 1. The molecule has 1 amide bonds. The molecule has 1 heterocycles. The topological polar surface area (TPSA) is 42.0 Å². The average molecular weight is 369 g/mol. The van der Waals surface area contributed by atoms with E-state index in [1.54, 1.807) is 6.07 Å². The zero-order valence-electron chi connectivity index (χ0n) is 13.4. The number of halogens is 2. The number of nitrogens with one attached hydrogen (secondary N) is 1. The Hall–Kier alpha value is -1.23. The summed E-state index contributed by atoms with van der Waals surface area (Å²) < 4.78 is 0. The van der Waals surface area contributed by atoms with Gasteiger partial charge in [-0.1, -0.05) is 40.9 Å². The Morgan fingerprint density at radius 2 is 1.78 bits per heavy atom. The van der Waals surface area contributed by atoms with Crippen LogP contribution in [0.2, 0.25) is 10.0 Å². The third-order valence-corrected chi connectivity index (χ3v) is 5.26. The molecular weight excluding hydrogens is 351 g/mol. The molecule has 0 fully saturated rings. The number of rotatable bonds is 4. The van der Waals surface area contributed by atoms with Gasteiger partial charge in [0.15, 0.2) is 5.82 Å². The zero-order valence-corrected chi connectivity index (χ0v) is 15.7. The van der Waals surface area contributed by atoms with Crippen LogP contribution in [0.15, 0.2) is 29.3 Å². The summed E-state index contributed by atoms with van der Waals surface area (Å²) in [7, 11) is 0. The van der Waals surface area contributed by atoms with Crippen molar-refractivity contribution in [3.8, 4) is 0 Å². The van der Waals surface area contributed by atoms with E-state index in [4.69, 9.17) is 23.2 Å². The van der Waals surface area contributed by atoms with E-state index in [1.807, 2.05) is 6.92 Å². The molecule has 3 nitrogen and oxygen atoms in total. The average Bonchev–Trinajstić information content (AvgIpc) is 2.45. The quantitative estimate of drug-likeness (QED) is 0.731. The van der Waals surface area contributed by atoms with Gasteiger partial charge in [0, 0.05) is 11.1 Å². The highest BCUT2D eigenvalue weighted by atomic mass is 35.5. The smallest absolute Gasteiger partial charge is 0.238 e. The number of pyridine rings is 1. The summed E-state index contributed by atoms with van der Waals surface area (Å²) in [6, 6.07) is 5.80.